The maximum atomic E-state index is 12.2. The van der Waals surface area contributed by atoms with E-state index in [0.717, 1.165) is 41.6 Å². The van der Waals surface area contributed by atoms with Gasteiger partial charge in [-0.05, 0) is 25.0 Å². The Bertz CT molecular complexity index is 798. The smallest absolute Gasteiger partial charge is 0.244 e. The van der Waals surface area contributed by atoms with Gasteiger partial charge in [0.25, 0.3) is 0 Å². The Balaban J connectivity index is 1.65. The number of carbonyl (C=O) groups excluding carboxylic acids is 2. The topological polar surface area (TPSA) is 62.6 Å². The molecule has 0 unspecified atom stereocenters. The molecule has 2 amide bonds. The molecule has 1 N–H and O–H groups in total. The summed E-state index contributed by atoms with van der Waals surface area (Å²) in [5.74, 6) is 0.886. The van der Waals surface area contributed by atoms with Crippen LogP contribution in [0.5, 0.6) is 0 Å². The standard InChI is InChI=1S/C20H24N2O3/c1-3-18-17(16-6-4-5-7-19(16)25-18)8-9-20(24)21-15-10-12-22(13-11-15)14(2)23/h4-9,15H,3,10-13H2,1-2H3,(H,21,24). The Morgan fingerprint density at radius 3 is 2.68 bits per heavy atom. The summed E-state index contributed by atoms with van der Waals surface area (Å²) in [7, 11) is 0. The number of amides is 2. The fraction of sp³-hybridized carbons (Fsp3) is 0.400. The van der Waals surface area contributed by atoms with Gasteiger partial charge in [0.15, 0.2) is 0 Å². The van der Waals surface area contributed by atoms with Gasteiger partial charge >= 0.3 is 0 Å². The van der Waals surface area contributed by atoms with Gasteiger partial charge in [-0.15, -0.1) is 0 Å². The number of furan rings is 1. The molecule has 1 fully saturated rings. The first kappa shape index (κ1) is 17.3. The van der Waals surface area contributed by atoms with Crippen LogP contribution in [0.25, 0.3) is 17.0 Å². The third kappa shape index (κ3) is 3.92. The van der Waals surface area contributed by atoms with Crippen molar-refractivity contribution in [2.45, 2.75) is 39.2 Å². The zero-order chi connectivity index (χ0) is 17.8. The van der Waals surface area contributed by atoms with Gasteiger partial charge in [-0.25, -0.2) is 0 Å². The van der Waals surface area contributed by atoms with E-state index in [4.69, 9.17) is 4.42 Å². The first-order chi connectivity index (χ1) is 12.1. The molecule has 132 valence electrons. The third-order valence-electron chi connectivity index (χ3n) is 4.72. The number of hydrogen-bond donors (Lipinski definition) is 1. The number of nitrogens with one attached hydrogen (secondary N) is 1. The molecular formula is C20H24N2O3. The Hall–Kier alpha value is -2.56. The van der Waals surface area contributed by atoms with Crippen LogP contribution in [-0.2, 0) is 16.0 Å². The molecule has 3 rings (SSSR count). The fourth-order valence-electron chi connectivity index (χ4n) is 3.31. The summed E-state index contributed by atoms with van der Waals surface area (Å²) in [6.45, 7) is 5.03. The second-order valence-corrected chi connectivity index (χ2v) is 6.41. The highest BCUT2D eigenvalue weighted by Gasteiger charge is 2.21. The van der Waals surface area contributed by atoms with Gasteiger partial charge in [0.05, 0.1) is 0 Å². The highest BCUT2D eigenvalue weighted by Crippen LogP contribution is 2.27. The van der Waals surface area contributed by atoms with Crippen molar-refractivity contribution in [3.8, 4) is 0 Å². The zero-order valence-electron chi connectivity index (χ0n) is 14.7. The van der Waals surface area contributed by atoms with Crippen molar-refractivity contribution in [2.75, 3.05) is 13.1 Å². The number of para-hydroxylation sites is 1. The molecular weight excluding hydrogens is 316 g/mol. The Morgan fingerprint density at radius 2 is 2.00 bits per heavy atom. The van der Waals surface area contributed by atoms with Crippen molar-refractivity contribution in [3.05, 3.63) is 41.7 Å². The average Bonchev–Trinajstić information content (AvgIpc) is 2.98. The number of carbonyl (C=O) groups is 2. The molecule has 0 radical (unpaired) electrons. The predicted octanol–water partition coefficient (Wildman–Crippen LogP) is 3.14. The number of likely N-dealkylation sites (tertiary alicyclic amines) is 1. The molecule has 0 bridgehead atoms. The number of aryl methyl sites for hydroxylation is 1. The van der Waals surface area contributed by atoms with E-state index in [1.807, 2.05) is 42.2 Å². The summed E-state index contributed by atoms with van der Waals surface area (Å²) >= 11 is 0. The molecule has 1 aliphatic heterocycles. The van der Waals surface area contributed by atoms with Gasteiger partial charge in [0.1, 0.15) is 11.3 Å². The van der Waals surface area contributed by atoms with E-state index in [1.54, 1.807) is 13.0 Å². The largest absolute Gasteiger partial charge is 0.460 e. The van der Waals surface area contributed by atoms with E-state index in [-0.39, 0.29) is 17.9 Å². The number of benzene rings is 1. The van der Waals surface area contributed by atoms with Crippen LogP contribution in [0, 0.1) is 0 Å². The van der Waals surface area contributed by atoms with E-state index in [0.29, 0.717) is 13.1 Å². The van der Waals surface area contributed by atoms with E-state index in [2.05, 4.69) is 5.32 Å². The van der Waals surface area contributed by atoms with Crippen LogP contribution in [-0.4, -0.2) is 35.8 Å². The summed E-state index contributed by atoms with van der Waals surface area (Å²) in [5.41, 5.74) is 1.82. The summed E-state index contributed by atoms with van der Waals surface area (Å²) in [6, 6.07) is 7.98. The molecule has 1 aliphatic rings. The lowest BCUT2D eigenvalue weighted by Crippen LogP contribution is -2.45. The molecule has 0 atom stereocenters. The highest BCUT2D eigenvalue weighted by atomic mass is 16.3. The number of rotatable bonds is 4. The lowest BCUT2D eigenvalue weighted by Gasteiger charge is -2.31. The number of piperidine rings is 1. The fourth-order valence-corrected chi connectivity index (χ4v) is 3.31. The van der Waals surface area contributed by atoms with Crippen LogP contribution in [0.1, 0.15) is 38.0 Å². The summed E-state index contributed by atoms with van der Waals surface area (Å²) in [6.07, 6.45) is 5.79. The first-order valence-electron chi connectivity index (χ1n) is 8.83. The molecule has 0 spiro atoms. The molecule has 0 saturated carbocycles. The van der Waals surface area contributed by atoms with E-state index >= 15 is 0 Å². The average molecular weight is 340 g/mol. The van der Waals surface area contributed by atoms with Crippen molar-refractivity contribution in [1.29, 1.82) is 0 Å². The SMILES string of the molecule is CCc1oc2ccccc2c1C=CC(=O)NC1CCN(C(C)=O)CC1. The van der Waals surface area contributed by atoms with Gasteiger partial charge in [-0.1, -0.05) is 25.1 Å². The molecule has 5 nitrogen and oxygen atoms in total. The molecule has 1 saturated heterocycles. The van der Waals surface area contributed by atoms with Crippen LogP contribution in [0.15, 0.2) is 34.8 Å². The summed E-state index contributed by atoms with van der Waals surface area (Å²) < 4.78 is 5.84. The van der Waals surface area contributed by atoms with Crippen LogP contribution >= 0.6 is 0 Å². The number of hydrogen-bond acceptors (Lipinski definition) is 3. The van der Waals surface area contributed by atoms with E-state index < -0.39 is 0 Å². The first-order valence-corrected chi connectivity index (χ1v) is 8.83. The van der Waals surface area contributed by atoms with Crippen LogP contribution < -0.4 is 5.32 Å². The quantitative estimate of drug-likeness (QED) is 0.870. The Labute approximate surface area is 147 Å². The molecule has 25 heavy (non-hydrogen) atoms. The zero-order valence-corrected chi connectivity index (χ0v) is 14.7. The Morgan fingerprint density at radius 1 is 1.28 bits per heavy atom. The minimum atomic E-state index is -0.103. The lowest BCUT2D eigenvalue weighted by molar-refractivity contribution is -0.129. The van der Waals surface area contributed by atoms with Gasteiger partial charge in [-0.3, -0.25) is 9.59 Å². The maximum absolute atomic E-state index is 12.2. The van der Waals surface area contributed by atoms with Crippen molar-refractivity contribution >= 4 is 28.9 Å². The van der Waals surface area contributed by atoms with Gasteiger partial charge < -0.3 is 14.6 Å². The summed E-state index contributed by atoms with van der Waals surface area (Å²) in [5, 5.41) is 4.06. The molecule has 0 aliphatic carbocycles. The number of nitrogens with zero attached hydrogens (tertiary/aromatic N) is 1. The molecule has 1 aromatic carbocycles. The van der Waals surface area contributed by atoms with E-state index in [9.17, 15) is 9.59 Å². The highest BCUT2D eigenvalue weighted by molar-refractivity contribution is 5.96. The minimum Gasteiger partial charge on any atom is -0.460 e. The van der Waals surface area contributed by atoms with Gasteiger partial charge in [0.2, 0.25) is 11.8 Å². The van der Waals surface area contributed by atoms with Crippen LogP contribution in [0.3, 0.4) is 0 Å². The Kier molecular flexibility index (Phi) is 5.22. The van der Waals surface area contributed by atoms with E-state index in [1.165, 1.54) is 0 Å². The van der Waals surface area contributed by atoms with Crippen molar-refractivity contribution in [2.24, 2.45) is 0 Å². The molecule has 5 heteroatoms. The van der Waals surface area contributed by atoms with Crippen LogP contribution in [0.4, 0.5) is 0 Å². The summed E-state index contributed by atoms with van der Waals surface area (Å²) in [4.78, 5) is 25.4. The van der Waals surface area contributed by atoms with Crippen molar-refractivity contribution in [1.82, 2.24) is 10.2 Å². The van der Waals surface area contributed by atoms with Crippen molar-refractivity contribution < 1.29 is 14.0 Å². The van der Waals surface area contributed by atoms with Gasteiger partial charge in [-0.2, -0.15) is 0 Å². The normalized spacial score (nSPS) is 15.8. The van der Waals surface area contributed by atoms with Gasteiger partial charge in [0, 0.05) is 49.5 Å². The monoisotopic (exact) mass is 340 g/mol. The molecule has 1 aromatic heterocycles. The van der Waals surface area contributed by atoms with Crippen LogP contribution in [0.2, 0.25) is 0 Å². The molecule has 2 heterocycles. The second kappa shape index (κ2) is 7.55. The minimum absolute atomic E-state index is 0.101. The van der Waals surface area contributed by atoms with Crippen molar-refractivity contribution in [3.63, 3.8) is 0 Å². The third-order valence-corrected chi connectivity index (χ3v) is 4.72. The lowest BCUT2D eigenvalue weighted by atomic mass is 10.0. The maximum Gasteiger partial charge on any atom is 0.244 e. The second-order valence-electron chi connectivity index (χ2n) is 6.41. The predicted molar refractivity (Wildman–Crippen MR) is 98.0 cm³/mol. The molecule has 2 aromatic rings. The number of fused-ring (bicyclic) bond motifs is 1.